The smallest absolute Gasteiger partial charge is 0.323 e. The molecule has 0 radical (unpaired) electrons. The number of nitrogens with zero attached hydrogens (tertiary/aromatic N) is 2. The topological polar surface area (TPSA) is 58.4 Å². The Labute approximate surface area is 103 Å². The Kier molecular flexibility index (Phi) is 3.62. The van der Waals surface area contributed by atoms with Gasteiger partial charge in [-0.25, -0.2) is 4.79 Å². The van der Waals surface area contributed by atoms with Gasteiger partial charge < -0.3 is 9.42 Å². The van der Waals surface area contributed by atoms with Gasteiger partial charge in [0, 0.05) is 19.5 Å². The zero-order valence-electron chi connectivity index (χ0n) is 10.1. The van der Waals surface area contributed by atoms with Crippen LogP contribution in [-0.2, 0) is 5.41 Å². The Balaban J connectivity index is 2.93. The number of anilines is 1. The minimum absolute atomic E-state index is 0.135. The van der Waals surface area contributed by atoms with Crippen molar-refractivity contribution in [1.82, 2.24) is 10.1 Å². The standard InChI is InChI=1S/C10H16BrN3O2/c1-10(2,3)7-6(11)8(16-13-7)12-9(15)14(4)5/h1-5H3,(H,12,15). The molecule has 0 aromatic carbocycles. The van der Waals surface area contributed by atoms with Crippen LogP contribution in [0.5, 0.6) is 0 Å². The van der Waals surface area contributed by atoms with Crippen LogP contribution >= 0.6 is 15.9 Å². The molecule has 0 atom stereocenters. The summed E-state index contributed by atoms with van der Waals surface area (Å²) < 4.78 is 5.78. The molecule has 90 valence electrons. The van der Waals surface area contributed by atoms with Crippen LogP contribution in [0.15, 0.2) is 9.00 Å². The molecule has 0 spiro atoms. The van der Waals surface area contributed by atoms with Crippen molar-refractivity contribution in [2.24, 2.45) is 0 Å². The first kappa shape index (κ1) is 13.0. The van der Waals surface area contributed by atoms with Crippen molar-refractivity contribution < 1.29 is 9.32 Å². The van der Waals surface area contributed by atoms with Gasteiger partial charge >= 0.3 is 6.03 Å². The summed E-state index contributed by atoms with van der Waals surface area (Å²) in [5.41, 5.74) is 0.644. The van der Waals surface area contributed by atoms with Gasteiger partial charge in [-0.3, -0.25) is 5.32 Å². The highest BCUT2D eigenvalue weighted by molar-refractivity contribution is 9.10. The van der Waals surface area contributed by atoms with E-state index in [4.69, 9.17) is 4.52 Å². The van der Waals surface area contributed by atoms with E-state index in [2.05, 4.69) is 26.4 Å². The molecule has 0 aliphatic carbocycles. The molecule has 0 bridgehead atoms. The molecule has 1 N–H and O–H groups in total. The number of hydrogen-bond acceptors (Lipinski definition) is 3. The van der Waals surface area contributed by atoms with Crippen molar-refractivity contribution in [1.29, 1.82) is 0 Å². The summed E-state index contributed by atoms with van der Waals surface area (Å²) >= 11 is 3.38. The Morgan fingerprint density at radius 3 is 2.38 bits per heavy atom. The zero-order chi connectivity index (χ0) is 12.5. The van der Waals surface area contributed by atoms with Crippen molar-refractivity contribution in [3.8, 4) is 0 Å². The molecule has 0 saturated carbocycles. The van der Waals surface area contributed by atoms with Crippen molar-refractivity contribution in [2.45, 2.75) is 26.2 Å². The molecule has 0 saturated heterocycles. The Bertz CT molecular complexity index is 393. The number of aromatic nitrogens is 1. The summed E-state index contributed by atoms with van der Waals surface area (Å²) in [5, 5.41) is 6.56. The lowest BCUT2D eigenvalue weighted by Crippen LogP contribution is -2.27. The lowest BCUT2D eigenvalue weighted by molar-refractivity contribution is 0.229. The molecule has 1 aromatic heterocycles. The van der Waals surface area contributed by atoms with Crippen LogP contribution in [0.3, 0.4) is 0 Å². The van der Waals surface area contributed by atoms with Gasteiger partial charge in [-0.15, -0.1) is 0 Å². The number of urea groups is 1. The Morgan fingerprint density at radius 2 is 2.00 bits per heavy atom. The third-order valence-corrected chi connectivity index (χ3v) is 2.71. The van der Waals surface area contributed by atoms with Gasteiger partial charge in [0.25, 0.3) is 0 Å². The molecule has 0 aliphatic rings. The monoisotopic (exact) mass is 289 g/mol. The molecule has 1 heterocycles. The SMILES string of the molecule is CN(C)C(=O)Nc1onc(C(C)(C)C)c1Br. The van der Waals surface area contributed by atoms with Gasteiger partial charge in [0.2, 0.25) is 5.88 Å². The number of carbonyl (C=O) groups excluding carboxylic acids is 1. The van der Waals surface area contributed by atoms with Crippen LogP contribution in [0.2, 0.25) is 0 Å². The number of hydrogen-bond donors (Lipinski definition) is 1. The Hall–Kier alpha value is -1.04. The van der Waals surface area contributed by atoms with Crippen molar-refractivity contribution >= 4 is 27.8 Å². The van der Waals surface area contributed by atoms with Crippen molar-refractivity contribution in [2.75, 3.05) is 19.4 Å². The quantitative estimate of drug-likeness (QED) is 0.865. The molecule has 1 aromatic rings. The average Bonchev–Trinajstić information content (AvgIpc) is 2.46. The number of rotatable bonds is 1. The van der Waals surface area contributed by atoms with E-state index in [0.29, 0.717) is 10.4 Å². The lowest BCUT2D eigenvalue weighted by atomic mass is 9.92. The number of nitrogens with one attached hydrogen (secondary N) is 1. The van der Waals surface area contributed by atoms with Crippen LogP contribution < -0.4 is 5.32 Å². The maximum atomic E-state index is 11.4. The van der Waals surface area contributed by atoms with Gasteiger partial charge in [-0.1, -0.05) is 25.9 Å². The third-order valence-electron chi connectivity index (χ3n) is 1.97. The van der Waals surface area contributed by atoms with Gasteiger partial charge in [0.1, 0.15) is 10.2 Å². The summed E-state index contributed by atoms with van der Waals surface area (Å²) in [6.45, 7) is 6.06. The fourth-order valence-electron chi connectivity index (χ4n) is 1.03. The van der Waals surface area contributed by atoms with E-state index in [0.717, 1.165) is 5.69 Å². The largest absolute Gasteiger partial charge is 0.337 e. The zero-order valence-corrected chi connectivity index (χ0v) is 11.7. The van der Waals surface area contributed by atoms with Gasteiger partial charge in [0.05, 0.1) is 0 Å². The number of halogens is 1. The van der Waals surface area contributed by atoms with E-state index >= 15 is 0 Å². The molecule has 16 heavy (non-hydrogen) atoms. The predicted molar refractivity (Wildman–Crippen MR) is 65.6 cm³/mol. The summed E-state index contributed by atoms with van der Waals surface area (Å²) in [4.78, 5) is 12.9. The molecule has 0 fully saturated rings. The highest BCUT2D eigenvalue weighted by atomic mass is 79.9. The maximum absolute atomic E-state index is 11.4. The fraction of sp³-hybridized carbons (Fsp3) is 0.600. The van der Waals surface area contributed by atoms with Crippen LogP contribution in [0, 0.1) is 0 Å². The molecule has 6 heteroatoms. The first-order valence-corrected chi connectivity index (χ1v) is 5.66. The third kappa shape index (κ3) is 2.75. The fourth-order valence-corrected chi connectivity index (χ4v) is 1.87. The molecule has 0 unspecified atom stereocenters. The van der Waals surface area contributed by atoms with E-state index in [1.165, 1.54) is 4.90 Å². The predicted octanol–water partition coefficient (Wildman–Crippen LogP) is 2.83. The second-order valence-electron chi connectivity index (χ2n) is 4.75. The summed E-state index contributed by atoms with van der Waals surface area (Å²) in [7, 11) is 3.31. The van der Waals surface area contributed by atoms with E-state index in [-0.39, 0.29) is 11.4 Å². The van der Waals surface area contributed by atoms with E-state index in [1.807, 2.05) is 20.8 Å². The molecule has 0 aliphatic heterocycles. The highest BCUT2D eigenvalue weighted by Crippen LogP contribution is 2.34. The Morgan fingerprint density at radius 1 is 1.44 bits per heavy atom. The van der Waals surface area contributed by atoms with Gasteiger partial charge in [-0.2, -0.15) is 0 Å². The van der Waals surface area contributed by atoms with Gasteiger partial charge in [0.15, 0.2) is 0 Å². The number of amides is 2. The molecular formula is C10H16BrN3O2. The highest BCUT2D eigenvalue weighted by Gasteiger charge is 2.25. The van der Waals surface area contributed by atoms with Crippen molar-refractivity contribution in [3.05, 3.63) is 10.2 Å². The second kappa shape index (κ2) is 4.45. The summed E-state index contributed by atoms with van der Waals surface area (Å²) in [6.07, 6.45) is 0. The number of carbonyl (C=O) groups is 1. The second-order valence-corrected chi connectivity index (χ2v) is 5.54. The van der Waals surface area contributed by atoms with E-state index < -0.39 is 0 Å². The van der Waals surface area contributed by atoms with Crippen LogP contribution in [-0.4, -0.2) is 30.2 Å². The average molecular weight is 290 g/mol. The van der Waals surface area contributed by atoms with E-state index in [9.17, 15) is 4.79 Å². The van der Waals surface area contributed by atoms with Gasteiger partial charge in [-0.05, 0) is 15.9 Å². The van der Waals surface area contributed by atoms with Crippen LogP contribution in [0.1, 0.15) is 26.5 Å². The van der Waals surface area contributed by atoms with Crippen LogP contribution in [0.4, 0.5) is 10.7 Å². The maximum Gasteiger partial charge on any atom is 0.323 e. The molecule has 5 nitrogen and oxygen atoms in total. The summed E-state index contributed by atoms with van der Waals surface area (Å²) in [5.74, 6) is 0.337. The first-order chi connectivity index (χ1) is 7.23. The molecular weight excluding hydrogens is 274 g/mol. The first-order valence-electron chi connectivity index (χ1n) is 4.87. The van der Waals surface area contributed by atoms with Crippen molar-refractivity contribution in [3.63, 3.8) is 0 Å². The van der Waals surface area contributed by atoms with E-state index in [1.54, 1.807) is 14.1 Å². The normalized spacial score (nSPS) is 11.4. The molecule has 2 amide bonds. The molecule has 1 rings (SSSR count). The minimum atomic E-state index is -0.252. The summed E-state index contributed by atoms with van der Waals surface area (Å²) in [6, 6.07) is -0.252. The van der Waals surface area contributed by atoms with Crippen LogP contribution in [0.25, 0.3) is 0 Å². The minimum Gasteiger partial charge on any atom is -0.337 e. The lowest BCUT2D eigenvalue weighted by Gasteiger charge is -2.14.